The normalized spacial score (nSPS) is 8.42. The van der Waals surface area contributed by atoms with E-state index in [1.54, 1.807) is 0 Å². The van der Waals surface area contributed by atoms with Crippen LogP contribution in [0.15, 0.2) is 24.8 Å². The minimum absolute atomic E-state index is 0.156. The first-order valence-electron chi connectivity index (χ1n) is 3.31. The van der Waals surface area contributed by atoms with Gasteiger partial charge >= 0.3 is 5.97 Å². The number of nitrogens with one attached hydrogen (secondary N) is 1. The molecule has 0 saturated heterocycles. The molecule has 0 aliphatic carbocycles. The summed E-state index contributed by atoms with van der Waals surface area (Å²) in [7, 11) is 0. The fourth-order valence-electron chi connectivity index (χ4n) is 0.368. The molecule has 4 nitrogen and oxygen atoms in total. The highest BCUT2D eigenvalue weighted by atomic mass is 16.5. The van der Waals surface area contributed by atoms with Crippen molar-refractivity contribution in [3.8, 4) is 0 Å². The smallest absolute Gasteiger partial charge is 0.334 e. The molecule has 0 atom stereocenters. The molecule has 1 amide bonds. The van der Waals surface area contributed by atoms with Crippen LogP contribution < -0.4 is 5.32 Å². The van der Waals surface area contributed by atoms with Crippen molar-refractivity contribution in [2.24, 2.45) is 0 Å². The summed E-state index contributed by atoms with van der Waals surface area (Å²) in [5.74, 6) is -0.913. The van der Waals surface area contributed by atoms with E-state index in [9.17, 15) is 9.59 Å². The van der Waals surface area contributed by atoms with Crippen LogP contribution in [0.4, 0.5) is 0 Å². The molecule has 0 radical (unpaired) electrons. The molecule has 4 heteroatoms. The summed E-state index contributed by atoms with van der Waals surface area (Å²) in [5, 5.41) is 2.28. The minimum atomic E-state index is -0.528. The monoisotopic (exact) mass is 169 g/mol. The van der Waals surface area contributed by atoms with Gasteiger partial charge in [-0.15, -0.1) is 0 Å². The topological polar surface area (TPSA) is 55.4 Å². The zero-order valence-electron chi connectivity index (χ0n) is 6.92. The lowest BCUT2D eigenvalue weighted by Crippen LogP contribution is -2.25. The molecule has 0 heterocycles. The number of hydrogen-bond acceptors (Lipinski definition) is 3. The van der Waals surface area contributed by atoms with Gasteiger partial charge in [-0.2, -0.15) is 0 Å². The maximum absolute atomic E-state index is 10.7. The Balaban J connectivity index is 3.57. The Morgan fingerprint density at radius 3 is 2.58 bits per heavy atom. The zero-order chi connectivity index (χ0) is 9.56. The van der Waals surface area contributed by atoms with E-state index in [1.807, 2.05) is 0 Å². The summed E-state index contributed by atoms with van der Waals surface area (Å²) in [6, 6.07) is 0. The zero-order valence-corrected chi connectivity index (χ0v) is 6.92. The van der Waals surface area contributed by atoms with E-state index in [0.29, 0.717) is 5.57 Å². The number of rotatable bonds is 4. The highest BCUT2D eigenvalue weighted by Gasteiger charge is 2.02. The van der Waals surface area contributed by atoms with Crippen molar-refractivity contribution in [2.75, 3.05) is 6.73 Å². The molecule has 0 aliphatic rings. The summed E-state index contributed by atoms with van der Waals surface area (Å²) >= 11 is 0. The number of carbonyl (C=O) groups is 2. The number of ether oxygens (including phenoxy) is 1. The van der Waals surface area contributed by atoms with E-state index in [-0.39, 0.29) is 12.6 Å². The molecule has 12 heavy (non-hydrogen) atoms. The molecule has 0 aromatic heterocycles. The average molecular weight is 169 g/mol. The van der Waals surface area contributed by atoms with Crippen LogP contribution in [0.1, 0.15) is 6.92 Å². The van der Waals surface area contributed by atoms with Gasteiger partial charge in [-0.1, -0.05) is 13.2 Å². The van der Waals surface area contributed by atoms with Gasteiger partial charge in [0.1, 0.15) is 0 Å². The molecule has 0 aromatic carbocycles. The third kappa shape index (κ3) is 4.27. The second-order valence-electron chi connectivity index (χ2n) is 2.10. The van der Waals surface area contributed by atoms with Gasteiger partial charge in [0.2, 0.25) is 5.91 Å². The molecular weight excluding hydrogens is 158 g/mol. The van der Waals surface area contributed by atoms with E-state index in [1.165, 1.54) is 6.92 Å². The molecule has 0 saturated carbocycles. The third-order valence-corrected chi connectivity index (χ3v) is 0.984. The lowest BCUT2D eigenvalue weighted by Gasteiger charge is -2.03. The van der Waals surface area contributed by atoms with Crippen LogP contribution >= 0.6 is 0 Å². The van der Waals surface area contributed by atoms with Crippen LogP contribution in [0.2, 0.25) is 0 Å². The lowest BCUT2D eigenvalue weighted by atomic mass is 10.4. The Kier molecular flexibility index (Phi) is 4.45. The SMILES string of the molecule is C=CC(=O)NCOC(=O)C(=C)C. The minimum Gasteiger partial charge on any atom is -0.441 e. The van der Waals surface area contributed by atoms with Crippen molar-refractivity contribution in [1.82, 2.24) is 5.32 Å². The van der Waals surface area contributed by atoms with Crippen LogP contribution in [-0.4, -0.2) is 18.6 Å². The first kappa shape index (κ1) is 10.4. The van der Waals surface area contributed by atoms with Crippen LogP contribution in [0.3, 0.4) is 0 Å². The van der Waals surface area contributed by atoms with Crippen molar-refractivity contribution in [3.63, 3.8) is 0 Å². The molecule has 0 unspecified atom stereocenters. The van der Waals surface area contributed by atoms with Gasteiger partial charge in [0.05, 0.1) is 0 Å². The van der Waals surface area contributed by atoms with E-state index in [4.69, 9.17) is 0 Å². The number of carbonyl (C=O) groups excluding carboxylic acids is 2. The van der Waals surface area contributed by atoms with Crippen molar-refractivity contribution < 1.29 is 14.3 Å². The van der Waals surface area contributed by atoms with Gasteiger partial charge in [-0.3, -0.25) is 4.79 Å². The van der Waals surface area contributed by atoms with Crippen molar-refractivity contribution in [3.05, 3.63) is 24.8 Å². The highest BCUT2D eigenvalue weighted by Crippen LogP contribution is 1.89. The molecular formula is C8H11NO3. The molecule has 0 spiro atoms. The number of hydrogen-bond donors (Lipinski definition) is 1. The van der Waals surface area contributed by atoms with E-state index < -0.39 is 5.97 Å². The van der Waals surface area contributed by atoms with Crippen molar-refractivity contribution in [2.45, 2.75) is 6.92 Å². The molecule has 0 aliphatic heterocycles. The Hall–Kier alpha value is -1.58. The highest BCUT2D eigenvalue weighted by molar-refractivity contribution is 5.88. The largest absolute Gasteiger partial charge is 0.441 e. The summed E-state index contributed by atoms with van der Waals surface area (Å²) < 4.78 is 4.56. The van der Waals surface area contributed by atoms with E-state index in [0.717, 1.165) is 6.08 Å². The Bertz CT molecular complexity index is 220. The van der Waals surface area contributed by atoms with Crippen LogP contribution in [0, 0.1) is 0 Å². The number of amides is 1. The number of esters is 1. The molecule has 0 bridgehead atoms. The van der Waals surface area contributed by atoms with Crippen molar-refractivity contribution >= 4 is 11.9 Å². The lowest BCUT2D eigenvalue weighted by molar-refractivity contribution is -0.140. The molecule has 0 fully saturated rings. The standard InChI is InChI=1S/C8H11NO3/c1-4-7(10)9-5-12-8(11)6(2)3/h4H,1-2,5H2,3H3,(H,9,10). The maximum Gasteiger partial charge on any atom is 0.334 e. The Labute approximate surface area is 70.9 Å². The first-order chi connectivity index (χ1) is 5.57. The van der Waals surface area contributed by atoms with Gasteiger partial charge in [0.15, 0.2) is 6.73 Å². The first-order valence-corrected chi connectivity index (χ1v) is 3.31. The van der Waals surface area contributed by atoms with Crippen molar-refractivity contribution in [1.29, 1.82) is 0 Å². The quantitative estimate of drug-likeness (QED) is 0.375. The third-order valence-electron chi connectivity index (χ3n) is 0.984. The average Bonchev–Trinajstić information content (AvgIpc) is 2.03. The second kappa shape index (κ2) is 5.12. The summed E-state index contributed by atoms with van der Waals surface area (Å²) in [5.41, 5.74) is 0.294. The van der Waals surface area contributed by atoms with Gasteiger partial charge in [-0.25, -0.2) is 4.79 Å². The summed E-state index contributed by atoms with van der Waals surface area (Å²) in [6.45, 7) is 7.96. The maximum atomic E-state index is 10.7. The summed E-state index contributed by atoms with van der Waals surface area (Å²) in [6.07, 6.45) is 1.09. The van der Waals surface area contributed by atoms with Gasteiger partial charge < -0.3 is 10.1 Å². The van der Waals surface area contributed by atoms with Gasteiger partial charge in [0.25, 0.3) is 0 Å². The van der Waals surface area contributed by atoms with E-state index >= 15 is 0 Å². The van der Waals surface area contributed by atoms with Crippen LogP contribution in [0.25, 0.3) is 0 Å². The molecule has 66 valence electrons. The van der Waals surface area contributed by atoms with Crippen LogP contribution in [0.5, 0.6) is 0 Å². The fourth-order valence-corrected chi connectivity index (χ4v) is 0.368. The molecule has 0 rings (SSSR count). The van der Waals surface area contributed by atoms with E-state index in [2.05, 4.69) is 23.2 Å². The predicted octanol–water partition coefficient (Wildman–Crippen LogP) is 0.365. The second-order valence-corrected chi connectivity index (χ2v) is 2.10. The summed E-state index contributed by atoms with van der Waals surface area (Å²) in [4.78, 5) is 21.2. The fraction of sp³-hybridized carbons (Fsp3) is 0.250. The Morgan fingerprint density at radius 1 is 1.58 bits per heavy atom. The molecule has 0 aromatic rings. The van der Waals surface area contributed by atoms with Gasteiger partial charge in [0, 0.05) is 5.57 Å². The molecule has 1 N–H and O–H groups in total. The Morgan fingerprint density at radius 2 is 2.17 bits per heavy atom. The van der Waals surface area contributed by atoms with Gasteiger partial charge in [-0.05, 0) is 13.0 Å². The predicted molar refractivity (Wildman–Crippen MR) is 44.1 cm³/mol. The van der Waals surface area contributed by atoms with Crippen LogP contribution in [-0.2, 0) is 14.3 Å².